The van der Waals surface area contributed by atoms with Crippen LogP contribution in [0.2, 0.25) is 0 Å². The summed E-state index contributed by atoms with van der Waals surface area (Å²) in [7, 11) is 0. The van der Waals surface area contributed by atoms with E-state index >= 15 is 0 Å². The molecule has 0 radical (unpaired) electrons. The van der Waals surface area contributed by atoms with Crippen LogP contribution in [0.3, 0.4) is 0 Å². The molecule has 0 spiro atoms. The van der Waals surface area contributed by atoms with E-state index in [-0.39, 0.29) is 24.5 Å². The second-order valence-corrected chi connectivity index (χ2v) is 3.73. The number of aliphatic hydroxyl groups excluding tert-OH is 1. The molecule has 76 valence electrons. The smallest absolute Gasteiger partial charge is 0.123 e. The third-order valence-electron chi connectivity index (χ3n) is 2.73. The first-order chi connectivity index (χ1) is 6.79. The van der Waals surface area contributed by atoms with Crippen LogP contribution in [0.15, 0.2) is 24.3 Å². The molecule has 1 saturated heterocycles. The summed E-state index contributed by atoms with van der Waals surface area (Å²) in [5, 5.41) is 12.3. The number of nitrogens with one attached hydrogen (secondary N) is 1. The molecule has 1 aliphatic rings. The van der Waals surface area contributed by atoms with Crippen molar-refractivity contribution < 1.29 is 9.50 Å². The molecule has 1 aromatic rings. The van der Waals surface area contributed by atoms with E-state index in [0.717, 1.165) is 18.4 Å². The van der Waals surface area contributed by atoms with Crippen molar-refractivity contribution >= 4 is 0 Å². The molecule has 0 aliphatic carbocycles. The van der Waals surface area contributed by atoms with Crippen molar-refractivity contribution in [3.63, 3.8) is 0 Å². The van der Waals surface area contributed by atoms with Crippen LogP contribution in [-0.2, 0) is 0 Å². The van der Waals surface area contributed by atoms with Gasteiger partial charge in [-0.05, 0) is 30.5 Å². The molecule has 1 aromatic carbocycles. The van der Waals surface area contributed by atoms with Crippen molar-refractivity contribution in [2.45, 2.75) is 24.9 Å². The summed E-state index contributed by atoms with van der Waals surface area (Å²) in [4.78, 5) is 0. The highest BCUT2D eigenvalue weighted by Crippen LogP contribution is 2.26. The number of hydrogen-bond donors (Lipinski definition) is 2. The Morgan fingerprint density at radius 1 is 1.29 bits per heavy atom. The topological polar surface area (TPSA) is 32.3 Å². The SMILES string of the molecule is OC[C@H]1CCC(c2ccc(F)cc2)N1. The van der Waals surface area contributed by atoms with E-state index in [4.69, 9.17) is 5.11 Å². The Morgan fingerprint density at radius 2 is 2.00 bits per heavy atom. The monoisotopic (exact) mass is 195 g/mol. The van der Waals surface area contributed by atoms with Crippen molar-refractivity contribution in [3.8, 4) is 0 Å². The summed E-state index contributed by atoms with van der Waals surface area (Å²) in [5.74, 6) is -0.203. The van der Waals surface area contributed by atoms with Crippen LogP contribution in [0.25, 0.3) is 0 Å². The van der Waals surface area contributed by atoms with Gasteiger partial charge in [0, 0.05) is 12.1 Å². The molecule has 2 rings (SSSR count). The van der Waals surface area contributed by atoms with Crippen LogP contribution in [0.5, 0.6) is 0 Å². The Hall–Kier alpha value is -0.930. The zero-order valence-electron chi connectivity index (χ0n) is 7.91. The summed E-state index contributed by atoms with van der Waals surface area (Å²) in [5.41, 5.74) is 1.10. The fraction of sp³-hybridized carbons (Fsp3) is 0.455. The van der Waals surface area contributed by atoms with Crippen LogP contribution in [0.4, 0.5) is 4.39 Å². The van der Waals surface area contributed by atoms with Crippen molar-refractivity contribution in [2.75, 3.05) is 6.61 Å². The molecule has 3 heteroatoms. The van der Waals surface area contributed by atoms with E-state index in [0.29, 0.717) is 0 Å². The molecule has 0 bridgehead atoms. The molecule has 0 aromatic heterocycles. The van der Waals surface area contributed by atoms with Gasteiger partial charge in [0.1, 0.15) is 5.82 Å². The molecule has 0 saturated carbocycles. The second kappa shape index (κ2) is 4.07. The number of hydrogen-bond acceptors (Lipinski definition) is 2. The Balaban J connectivity index is 2.06. The number of aliphatic hydroxyl groups is 1. The Bertz CT molecular complexity index is 299. The lowest BCUT2D eigenvalue weighted by Crippen LogP contribution is -2.27. The lowest BCUT2D eigenvalue weighted by Gasteiger charge is -2.12. The van der Waals surface area contributed by atoms with E-state index < -0.39 is 0 Å². The van der Waals surface area contributed by atoms with Gasteiger partial charge in [0.2, 0.25) is 0 Å². The van der Waals surface area contributed by atoms with E-state index in [9.17, 15) is 4.39 Å². The first-order valence-corrected chi connectivity index (χ1v) is 4.92. The van der Waals surface area contributed by atoms with Crippen molar-refractivity contribution in [1.82, 2.24) is 5.32 Å². The van der Waals surface area contributed by atoms with Gasteiger partial charge in [-0.3, -0.25) is 0 Å². The Labute approximate surface area is 82.8 Å². The normalized spacial score (nSPS) is 26.7. The van der Waals surface area contributed by atoms with Gasteiger partial charge in [-0.2, -0.15) is 0 Å². The van der Waals surface area contributed by atoms with Gasteiger partial charge in [0.15, 0.2) is 0 Å². The minimum Gasteiger partial charge on any atom is -0.395 e. The fourth-order valence-electron chi connectivity index (χ4n) is 1.92. The maximum atomic E-state index is 12.7. The molecular formula is C11H14FNO. The average Bonchev–Trinajstić information content (AvgIpc) is 2.67. The molecular weight excluding hydrogens is 181 g/mol. The Kier molecular flexibility index (Phi) is 2.79. The predicted molar refractivity (Wildman–Crippen MR) is 52.4 cm³/mol. The highest BCUT2D eigenvalue weighted by molar-refractivity contribution is 5.21. The summed E-state index contributed by atoms with van der Waals surface area (Å²) < 4.78 is 12.7. The predicted octanol–water partition coefficient (Wildman–Crippen LogP) is 1.61. The maximum Gasteiger partial charge on any atom is 0.123 e. The molecule has 1 aliphatic heterocycles. The van der Waals surface area contributed by atoms with E-state index in [1.807, 2.05) is 0 Å². The standard InChI is InChI=1S/C11H14FNO/c12-9-3-1-8(2-4-9)11-6-5-10(7-14)13-11/h1-4,10-11,13-14H,5-7H2/t10-,11?/m1/s1. The van der Waals surface area contributed by atoms with Gasteiger partial charge in [-0.25, -0.2) is 4.39 Å². The van der Waals surface area contributed by atoms with Gasteiger partial charge >= 0.3 is 0 Å². The van der Waals surface area contributed by atoms with Gasteiger partial charge in [0.25, 0.3) is 0 Å². The third kappa shape index (κ3) is 1.94. The maximum absolute atomic E-state index is 12.7. The van der Waals surface area contributed by atoms with Crippen LogP contribution in [-0.4, -0.2) is 17.8 Å². The van der Waals surface area contributed by atoms with Gasteiger partial charge in [-0.1, -0.05) is 12.1 Å². The number of benzene rings is 1. The molecule has 2 N–H and O–H groups in total. The lowest BCUT2D eigenvalue weighted by atomic mass is 10.1. The lowest BCUT2D eigenvalue weighted by molar-refractivity contribution is 0.251. The zero-order chi connectivity index (χ0) is 9.97. The molecule has 1 unspecified atom stereocenters. The summed E-state index contributed by atoms with van der Waals surface area (Å²) in [6.45, 7) is 0.178. The van der Waals surface area contributed by atoms with Crippen molar-refractivity contribution in [1.29, 1.82) is 0 Å². The zero-order valence-corrected chi connectivity index (χ0v) is 7.91. The molecule has 1 fully saturated rings. The average molecular weight is 195 g/mol. The van der Waals surface area contributed by atoms with Crippen molar-refractivity contribution in [3.05, 3.63) is 35.6 Å². The van der Waals surface area contributed by atoms with Gasteiger partial charge in [-0.15, -0.1) is 0 Å². The first kappa shape index (κ1) is 9.62. The van der Waals surface area contributed by atoms with E-state index in [1.165, 1.54) is 12.1 Å². The molecule has 1 heterocycles. The van der Waals surface area contributed by atoms with Gasteiger partial charge < -0.3 is 10.4 Å². The first-order valence-electron chi connectivity index (χ1n) is 4.92. The van der Waals surface area contributed by atoms with Crippen LogP contribution in [0.1, 0.15) is 24.4 Å². The molecule has 0 amide bonds. The minimum absolute atomic E-state index is 0.178. The van der Waals surface area contributed by atoms with Crippen molar-refractivity contribution in [2.24, 2.45) is 0 Å². The summed E-state index contributed by atoms with van der Waals surface area (Å²) in [6, 6.07) is 7.02. The molecule has 2 nitrogen and oxygen atoms in total. The van der Waals surface area contributed by atoms with Crippen LogP contribution >= 0.6 is 0 Å². The van der Waals surface area contributed by atoms with Crippen LogP contribution in [0, 0.1) is 5.82 Å². The second-order valence-electron chi connectivity index (χ2n) is 3.73. The highest BCUT2D eigenvalue weighted by Gasteiger charge is 2.23. The third-order valence-corrected chi connectivity index (χ3v) is 2.73. The van der Waals surface area contributed by atoms with E-state index in [1.54, 1.807) is 12.1 Å². The van der Waals surface area contributed by atoms with Gasteiger partial charge in [0.05, 0.1) is 6.61 Å². The largest absolute Gasteiger partial charge is 0.395 e. The Morgan fingerprint density at radius 3 is 2.57 bits per heavy atom. The van der Waals surface area contributed by atoms with E-state index in [2.05, 4.69) is 5.32 Å². The van der Waals surface area contributed by atoms with Crippen LogP contribution < -0.4 is 5.32 Å². The number of rotatable bonds is 2. The minimum atomic E-state index is -0.203. The fourth-order valence-corrected chi connectivity index (χ4v) is 1.92. The molecule has 2 atom stereocenters. The number of halogens is 1. The summed E-state index contributed by atoms with van der Waals surface area (Å²) >= 11 is 0. The molecule has 14 heavy (non-hydrogen) atoms. The summed E-state index contributed by atoms with van der Waals surface area (Å²) in [6.07, 6.45) is 2.00. The quantitative estimate of drug-likeness (QED) is 0.751. The highest BCUT2D eigenvalue weighted by atomic mass is 19.1.